The van der Waals surface area contributed by atoms with Gasteiger partial charge in [0.1, 0.15) is 11.0 Å². The van der Waals surface area contributed by atoms with Crippen LogP contribution < -0.4 is 10.1 Å². The lowest BCUT2D eigenvalue weighted by Crippen LogP contribution is -2.19. The molecular weight excluding hydrogens is 390 g/mol. The third-order valence-corrected chi connectivity index (χ3v) is 5.72. The second-order valence-electron chi connectivity index (χ2n) is 6.62. The molecule has 0 aliphatic carbocycles. The number of ether oxygens (including phenoxy) is 1. The van der Waals surface area contributed by atoms with E-state index in [1.54, 1.807) is 0 Å². The van der Waals surface area contributed by atoms with E-state index in [9.17, 15) is 4.79 Å². The van der Waals surface area contributed by atoms with E-state index in [0.29, 0.717) is 11.4 Å². The van der Waals surface area contributed by atoms with Crippen molar-refractivity contribution in [3.63, 3.8) is 0 Å². The van der Waals surface area contributed by atoms with E-state index in [1.807, 2.05) is 115 Å². The van der Waals surface area contributed by atoms with Crippen molar-refractivity contribution in [2.24, 2.45) is 0 Å². The van der Waals surface area contributed by atoms with Gasteiger partial charge in [0, 0.05) is 4.90 Å². The zero-order valence-corrected chi connectivity index (χ0v) is 17.1. The van der Waals surface area contributed by atoms with Gasteiger partial charge >= 0.3 is 0 Å². The second kappa shape index (κ2) is 9.81. The van der Waals surface area contributed by atoms with Crippen molar-refractivity contribution in [2.75, 3.05) is 5.32 Å². The molecule has 0 heterocycles. The maximum absolute atomic E-state index is 13.3. The van der Waals surface area contributed by atoms with Gasteiger partial charge in [-0.25, -0.2) is 0 Å². The number of hydrogen-bond donors (Lipinski definition) is 1. The number of para-hydroxylation sites is 3. The standard InChI is InChI=1S/C26H21NO2S/c28-26(25(20-12-4-1-5-13-20)30-22-16-8-3-9-17-22)27-23-18-10-11-19-24(23)29-21-14-6-2-7-15-21/h1-19,25H,(H,27,28)/t25-/m0/s1. The Morgan fingerprint density at radius 1 is 0.700 bits per heavy atom. The molecule has 0 unspecified atom stereocenters. The van der Waals surface area contributed by atoms with Gasteiger partial charge in [-0.05, 0) is 42.0 Å². The normalized spacial score (nSPS) is 11.5. The lowest BCUT2D eigenvalue weighted by atomic mass is 10.1. The third-order valence-electron chi connectivity index (χ3n) is 4.45. The van der Waals surface area contributed by atoms with Gasteiger partial charge in [0.25, 0.3) is 0 Å². The number of carbonyl (C=O) groups is 1. The van der Waals surface area contributed by atoms with Gasteiger partial charge in [-0.1, -0.05) is 78.9 Å². The van der Waals surface area contributed by atoms with E-state index in [-0.39, 0.29) is 5.91 Å². The molecule has 0 aliphatic heterocycles. The van der Waals surface area contributed by atoms with Crippen molar-refractivity contribution >= 4 is 23.4 Å². The Bertz CT molecular complexity index is 1090. The summed E-state index contributed by atoms with van der Waals surface area (Å²) in [7, 11) is 0. The van der Waals surface area contributed by atoms with Crippen LogP contribution in [0.5, 0.6) is 11.5 Å². The second-order valence-corrected chi connectivity index (χ2v) is 7.80. The fourth-order valence-electron chi connectivity index (χ4n) is 3.01. The number of anilines is 1. The molecule has 3 nitrogen and oxygen atoms in total. The number of carbonyl (C=O) groups excluding carboxylic acids is 1. The van der Waals surface area contributed by atoms with Crippen LogP contribution in [-0.2, 0) is 4.79 Å². The van der Waals surface area contributed by atoms with Crippen LogP contribution in [0.2, 0.25) is 0 Å². The molecule has 1 amide bonds. The molecule has 4 aromatic rings. The summed E-state index contributed by atoms with van der Waals surface area (Å²) < 4.78 is 5.99. The van der Waals surface area contributed by atoms with Gasteiger partial charge in [0.15, 0.2) is 5.75 Å². The number of rotatable bonds is 7. The predicted molar refractivity (Wildman–Crippen MR) is 123 cm³/mol. The smallest absolute Gasteiger partial charge is 0.242 e. The van der Waals surface area contributed by atoms with E-state index in [4.69, 9.17) is 4.74 Å². The molecule has 1 atom stereocenters. The minimum Gasteiger partial charge on any atom is -0.455 e. The average Bonchev–Trinajstić information content (AvgIpc) is 2.81. The van der Waals surface area contributed by atoms with Gasteiger partial charge in [0.05, 0.1) is 5.69 Å². The molecule has 30 heavy (non-hydrogen) atoms. The Balaban J connectivity index is 1.58. The average molecular weight is 412 g/mol. The van der Waals surface area contributed by atoms with E-state index in [2.05, 4.69) is 5.32 Å². The molecule has 0 saturated carbocycles. The van der Waals surface area contributed by atoms with Crippen molar-refractivity contribution in [2.45, 2.75) is 10.1 Å². The van der Waals surface area contributed by atoms with E-state index in [1.165, 1.54) is 11.8 Å². The van der Waals surface area contributed by atoms with Crippen molar-refractivity contribution in [3.05, 3.63) is 121 Å². The molecule has 4 heteroatoms. The summed E-state index contributed by atoms with van der Waals surface area (Å²) in [5, 5.41) is 2.67. The molecule has 4 aromatic carbocycles. The van der Waals surface area contributed by atoms with Crippen LogP contribution in [0.4, 0.5) is 5.69 Å². The highest BCUT2D eigenvalue weighted by Gasteiger charge is 2.23. The van der Waals surface area contributed by atoms with Crippen molar-refractivity contribution in [3.8, 4) is 11.5 Å². The summed E-state index contributed by atoms with van der Waals surface area (Å²) >= 11 is 1.53. The molecule has 0 radical (unpaired) electrons. The Morgan fingerprint density at radius 2 is 1.27 bits per heavy atom. The van der Waals surface area contributed by atoms with Crippen molar-refractivity contribution < 1.29 is 9.53 Å². The van der Waals surface area contributed by atoms with Crippen LogP contribution >= 0.6 is 11.8 Å². The molecule has 0 fully saturated rings. The van der Waals surface area contributed by atoms with Gasteiger partial charge in [0.2, 0.25) is 5.91 Å². The Morgan fingerprint density at radius 3 is 1.97 bits per heavy atom. The Hall–Kier alpha value is -3.50. The monoisotopic (exact) mass is 411 g/mol. The first-order valence-corrected chi connectivity index (χ1v) is 10.6. The van der Waals surface area contributed by atoms with E-state index < -0.39 is 5.25 Å². The first-order valence-electron chi connectivity index (χ1n) is 9.69. The van der Waals surface area contributed by atoms with Crippen LogP contribution in [0.3, 0.4) is 0 Å². The summed E-state index contributed by atoms with van der Waals surface area (Å²) in [5.41, 5.74) is 1.59. The van der Waals surface area contributed by atoms with Gasteiger partial charge in [-0.3, -0.25) is 4.79 Å². The van der Waals surface area contributed by atoms with Crippen LogP contribution in [0, 0.1) is 0 Å². The number of amides is 1. The summed E-state index contributed by atoms with van der Waals surface area (Å²) in [6, 6.07) is 36.8. The summed E-state index contributed by atoms with van der Waals surface area (Å²) in [4.78, 5) is 14.4. The Labute approximate surface area is 180 Å². The maximum atomic E-state index is 13.3. The van der Waals surface area contributed by atoms with Crippen LogP contribution in [-0.4, -0.2) is 5.91 Å². The lowest BCUT2D eigenvalue weighted by molar-refractivity contribution is -0.115. The largest absolute Gasteiger partial charge is 0.455 e. The Kier molecular flexibility index (Phi) is 6.47. The van der Waals surface area contributed by atoms with Gasteiger partial charge in [-0.15, -0.1) is 11.8 Å². The maximum Gasteiger partial charge on any atom is 0.242 e. The first-order chi connectivity index (χ1) is 14.8. The molecular formula is C26H21NO2S. The number of benzene rings is 4. The zero-order valence-electron chi connectivity index (χ0n) is 16.3. The third kappa shape index (κ3) is 5.10. The summed E-state index contributed by atoms with van der Waals surface area (Å²) in [6.07, 6.45) is 0. The lowest BCUT2D eigenvalue weighted by Gasteiger charge is -2.18. The van der Waals surface area contributed by atoms with Crippen LogP contribution in [0.25, 0.3) is 0 Å². The minimum atomic E-state index is -0.390. The molecule has 0 spiro atoms. The zero-order chi connectivity index (χ0) is 20.6. The van der Waals surface area contributed by atoms with Crippen molar-refractivity contribution in [1.82, 2.24) is 0 Å². The fraction of sp³-hybridized carbons (Fsp3) is 0.0385. The predicted octanol–water partition coefficient (Wildman–Crippen LogP) is 6.95. The molecule has 148 valence electrons. The number of hydrogen-bond acceptors (Lipinski definition) is 3. The molecule has 0 bridgehead atoms. The van der Waals surface area contributed by atoms with Gasteiger partial charge < -0.3 is 10.1 Å². The van der Waals surface area contributed by atoms with Crippen LogP contribution in [0.1, 0.15) is 10.8 Å². The number of nitrogens with one attached hydrogen (secondary N) is 1. The van der Waals surface area contributed by atoms with E-state index >= 15 is 0 Å². The van der Waals surface area contributed by atoms with E-state index in [0.717, 1.165) is 16.2 Å². The van der Waals surface area contributed by atoms with Crippen LogP contribution in [0.15, 0.2) is 120 Å². The molecule has 0 aromatic heterocycles. The SMILES string of the molecule is O=C(Nc1ccccc1Oc1ccccc1)[C@@H](Sc1ccccc1)c1ccccc1. The highest BCUT2D eigenvalue weighted by molar-refractivity contribution is 8.00. The van der Waals surface area contributed by atoms with Gasteiger partial charge in [-0.2, -0.15) is 0 Å². The van der Waals surface area contributed by atoms with Crippen molar-refractivity contribution in [1.29, 1.82) is 0 Å². The summed E-state index contributed by atoms with van der Waals surface area (Å²) in [5.74, 6) is 1.23. The minimum absolute atomic E-state index is 0.0980. The highest BCUT2D eigenvalue weighted by atomic mass is 32.2. The highest BCUT2D eigenvalue weighted by Crippen LogP contribution is 2.37. The molecule has 1 N–H and O–H groups in total. The molecule has 0 saturated heterocycles. The quantitative estimate of drug-likeness (QED) is 0.334. The summed E-state index contributed by atoms with van der Waals surface area (Å²) in [6.45, 7) is 0. The topological polar surface area (TPSA) is 38.3 Å². The molecule has 0 aliphatic rings. The number of thioether (sulfide) groups is 1. The fourth-order valence-corrected chi connectivity index (χ4v) is 4.05. The first kappa shape index (κ1) is 19.8. The molecule has 4 rings (SSSR count).